The first-order valence-electron chi connectivity index (χ1n) is 5.57. The van der Waals surface area contributed by atoms with Crippen molar-refractivity contribution in [2.24, 2.45) is 0 Å². The zero-order valence-corrected chi connectivity index (χ0v) is 9.87. The van der Waals surface area contributed by atoms with E-state index in [1.54, 1.807) is 10.6 Å². The summed E-state index contributed by atoms with van der Waals surface area (Å²) in [5.74, 6) is 1.21. The van der Waals surface area contributed by atoms with Crippen molar-refractivity contribution in [3.05, 3.63) is 48.3 Å². The maximum atomic E-state index is 5.86. The van der Waals surface area contributed by atoms with Crippen LogP contribution in [0.2, 0.25) is 0 Å². The summed E-state index contributed by atoms with van der Waals surface area (Å²) >= 11 is 0. The lowest BCUT2D eigenvalue weighted by atomic mass is 10.3. The molecule has 0 aliphatic carbocycles. The first kappa shape index (κ1) is 10.6. The molecular formula is C13H12N4O. The van der Waals surface area contributed by atoms with Gasteiger partial charge in [-0.15, -0.1) is 0 Å². The van der Waals surface area contributed by atoms with Gasteiger partial charge in [-0.1, -0.05) is 12.1 Å². The molecule has 0 bridgehead atoms. The number of rotatable bonds is 2. The van der Waals surface area contributed by atoms with Crippen LogP contribution in [0.4, 0.5) is 5.69 Å². The average Bonchev–Trinajstić information content (AvgIpc) is 2.80. The highest BCUT2D eigenvalue weighted by Gasteiger charge is 2.07. The maximum absolute atomic E-state index is 5.86. The van der Waals surface area contributed by atoms with Gasteiger partial charge >= 0.3 is 0 Å². The van der Waals surface area contributed by atoms with E-state index in [0.717, 1.165) is 11.2 Å². The van der Waals surface area contributed by atoms with Crippen molar-refractivity contribution in [1.29, 1.82) is 0 Å². The number of nitrogens with zero attached hydrogens (tertiary/aromatic N) is 3. The smallest absolute Gasteiger partial charge is 0.222 e. The Hall–Kier alpha value is -2.56. The summed E-state index contributed by atoms with van der Waals surface area (Å²) in [5, 5.41) is 4.13. The summed E-state index contributed by atoms with van der Waals surface area (Å²) in [6.45, 7) is 1.98. The van der Waals surface area contributed by atoms with Crippen LogP contribution >= 0.6 is 0 Å². The Balaban J connectivity index is 2.10. The lowest BCUT2D eigenvalue weighted by molar-refractivity contribution is 0.449. The third-order valence-electron chi connectivity index (χ3n) is 2.62. The first-order chi connectivity index (χ1) is 8.74. The first-order valence-corrected chi connectivity index (χ1v) is 5.57. The van der Waals surface area contributed by atoms with Crippen molar-refractivity contribution >= 4 is 11.3 Å². The summed E-state index contributed by atoms with van der Waals surface area (Å²) < 4.78 is 7.44. The lowest BCUT2D eigenvalue weighted by Gasteiger charge is -2.09. The highest BCUT2D eigenvalue weighted by atomic mass is 16.5. The van der Waals surface area contributed by atoms with E-state index in [-0.39, 0.29) is 0 Å². The standard InChI is InChI=1S/C13H12N4O/c1-9-6-12-15-8-16-17(12)13(7-9)18-11-5-3-2-4-10(11)14/h2-8H,14H2,1H3. The second-order valence-corrected chi connectivity index (χ2v) is 4.04. The highest BCUT2D eigenvalue weighted by Crippen LogP contribution is 2.27. The van der Waals surface area contributed by atoms with Gasteiger partial charge in [0.15, 0.2) is 11.4 Å². The molecule has 3 rings (SSSR count). The van der Waals surface area contributed by atoms with E-state index in [9.17, 15) is 0 Å². The molecule has 0 spiro atoms. The predicted molar refractivity (Wildman–Crippen MR) is 68.7 cm³/mol. The van der Waals surface area contributed by atoms with Gasteiger partial charge in [-0.25, -0.2) is 4.98 Å². The van der Waals surface area contributed by atoms with Gasteiger partial charge in [-0.3, -0.25) is 0 Å². The molecule has 0 fully saturated rings. The highest BCUT2D eigenvalue weighted by molar-refractivity contribution is 5.54. The SMILES string of the molecule is Cc1cc(Oc2ccccc2N)n2ncnc2c1. The van der Waals surface area contributed by atoms with Gasteiger partial charge < -0.3 is 10.5 Å². The van der Waals surface area contributed by atoms with Gasteiger partial charge in [0.2, 0.25) is 5.88 Å². The summed E-state index contributed by atoms with van der Waals surface area (Å²) in [6, 6.07) is 11.2. The Morgan fingerprint density at radius 1 is 1.22 bits per heavy atom. The molecule has 0 aliphatic heterocycles. The van der Waals surface area contributed by atoms with Crippen molar-refractivity contribution < 1.29 is 4.74 Å². The fourth-order valence-corrected chi connectivity index (χ4v) is 1.78. The molecule has 0 unspecified atom stereocenters. The number of aromatic nitrogens is 3. The number of ether oxygens (including phenoxy) is 1. The molecule has 0 saturated carbocycles. The van der Waals surface area contributed by atoms with Gasteiger partial charge in [-0.05, 0) is 30.7 Å². The van der Waals surface area contributed by atoms with E-state index >= 15 is 0 Å². The molecule has 0 saturated heterocycles. The number of benzene rings is 1. The van der Waals surface area contributed by atoms with Crippen LogP contribution in [-0.2, 0) is 0 Å². The second-order valence-electron chi connectivity index (χ2n) is 4.04. The maximum Gasteiger partial charge on any atom is 0.222 e. The molecule has 1 aromatic carbocycles. The van der Waals surface area contributed by atoms with Crippen molar-refractivity contribution in [3.63, 3.8) is 0 Å². The van der Waals surface area contributed by atoms with Gasteiger partial charge in [0.25, 0.3) is 0 Å². The molecule has 0 amide bonds. The zero-order valence-electron chi connectivity index (χ0n) is 9.87. The van der Waals surface area contributed by atoms with E-state index in [1.165, 1.54) is 6.33 Å². The number of fused-ring (bicyclic) bond motifs is 1. The van der Waals surface area contributed by atoms with Crippen LogP contribution in [0.1, 0.15) is 5.56 Å². The number of nitrogen functional groups attached to an aromatic ring is 1. The monoisotopic (exact) mass is 240 g/mol. The van der Waals surface area contributed by atoms with Gasteiger partial charge in [-0.2, -0.15) is 9.61 Å². The number of aryl methyl sites for hydroxylation is 1. The molecule has 0 radical (unpaired) electrons. The molecular weight excluding hydrogens is 228 g/mol. The number of anilines is 1. The Morgan fingerprint density at radius 2 is 2.06 bits per heavy atom. The third-order valence-corrected chi connectivity index (χ3v) is 2.62. The molecule has 18 heavy (non-hydrogen) atoms. The Labute approximate surface area is 104 Å². The minimum atomic E-state index is 0.590. The summed E-state index contributed by atoms with van der Waals surface area (Å²) in [5.41, 5.74) is 8.25. The number of hydrogen-bond donors (Lipinski definition) is 1. The van der Waals surface area contributed by atoms with Crippen molar-refractivity contribution in [2.45, 2.75) is 6.92 Å². The Bertz CT molecular complexity index is 705. The predicted octanol–water partition coefficient (Wildman–Crippen LogP) is 2.41. The fourth-order valence-electron chi connectivity index (χ4n) is 1.78. The van der Waals surface area contributed by atoms with Crippen molar-refractivity contribution in [3.8, 4) is 11.6 Å². The van der Waals surface area contributed by atoms with Gasteiger partial charge in [0, 0.05) is 6.07 Å². The second kappa shape index (κ2) is 4.03. The molecule has 0 aliphatic rings. The van der Waals surface area contributed by atoms with Crippen LogP contribution in [0.3, 0.4) is 0 Å². The quantitative estimate of drug-likeness (QED) is 0.698. The summed E-state index contributed by atoms with van der Waals surface area (Å²) in [4.78, 5) is 4.14. The minimum Gasteiger partial charge on any atom is -0.437 e. The van der Waals surface area contributed by atoms with E-state index in [1.807, 2.05) is 37.3 Å². The van der Waals surface area contributed by atoms with E-state index in [4.69, 9.17) is 10.5 Å². The van der Waals surface area contributed by atoms with E-state index in [0.29, 0.717) is 17.3 Å². The van der Waals surface area contributed by atoms with Crippen LogP contribution in [0.15, 0.2) is 42.7 Å². The molecule has 2 heterocycles. The summed E-state index contributed by atoms with van der Waals surface area (Å²) in [6.07, 6.45) is 1.50. The number of hydrogen-bond acceptors (Lipinski definition) is 4. The van der Waals surface area contributed by atoms with Crippen LogP contribution in [0.25, 0.3) is 5.65 Å². The topological polar surface area (TPSA) is 65.4 Å². The van der Waals surface area contributed by atoms with Crippen molar-refractivity contribution in [1.82, 2.24) is 14.6 Å². The minimum absolute atomic E-state index is 0.590. The average molecular weight is 240 g/mol. The molecule has 3 aromatic rings. The molecule has 2 aromatic heterocycles. The molecule has 90 valence electrons. The largest absolute Gasteiger partial charge is 0.437 e. The van der Waals surface area contributed by atoms with E-state index in [2.05, 4.69) is 10.1 Å². The van der Waals surface area contributed by atoms with Crippen LogP contribution in [0.5, 0.6) is 11.6 Å². The zero-order chi connectivity index (χ0) is 12.5. The van der Waals surface area contributed by atoms with Crippen molar-refractivity contribution in [2.75, 3.05) is 5.73 Å². The summed E-state index contributed by atoms with van der Waals surface area (Å²) in [7, 11) is 0. The normalized spacial score (nSPS) is 10.7. The number of nitrogens with two attached hydrogens (primary N) is 1. The third kappa shape index (κ3) is 1.75. The number of para-hydroxylation sites is 2. The van der Waals surface area contributed by atoms with Crippen LogP contribution in [-0.4, -0.2) is 14.6 Å². The Kier molecular flexibility index (Phi) is 2.37. The van der Waals surface area contributed by atoms with Crippen LogP contribution < -0.4 is 10.5 Å². The molecule has 0 atom stereocenters. The fraction of sp³-hybridized carbons (Fsp3) is 0.0769. The van der Waals surface area contributed by atoms with Crippen LogP contribution in [0, 0.1) is 6.92 Å². The lowest BCUT2D eigenvalue weighted by Crippen LogP contribution is -1.98. The number of pyridine rings is 1. The molecule has 2 N–H and O–H groups in total. The van der Waals surface area contributed by atoms with Gasteiger partial charge in [0.1, 0.15) is 6.33 Å². The Morgan fingerprint density at radius 3 is 2.89 bits per heavy atom. The molecule has 5 nitrogen and oxygen atoms in total. The van der Waals surface area contributed by atoms with Gasteiger partial charge in [0.05, 0.1) is 5.69 Å². The van der Waals surface area contributed by atoms with E-state index < -0.39 is 0 Å². The molecule has 5 heteroatoms.